The van der Waals surface area contributed by atoms with Crippen molar-refractivity contribution >= 4 is 5.91 Å². The van der Waals surface area contributed by atoms with Crippen LogP contribution in [0, 0.1) is 0 Å². The van der Waals surface area contributed by atoms with Gasteiger partial charge in [-0.05, 0) is 12.1 Å². The van der Waals surface area contributed by atoms with Gasteiger partial charge >= 0.3 is 0 Å². The van der Waals surface area contributed by atoms with Gasteiger partial charge in [-0.15, -0.1) is 0 Å². The Bertz CT molecular complexity index is 545. The van der Waals surface area contributed by atoms with Crippen molar-refractivity contribution in [3.63, 3.8) is 0 Å². The van der Waals surface area contributed by atoms with Gasteiger partial charge in [0.2, 0.25) is 0 Å². The van der Waals surface area contributed by atoms with Crippen LogP contribution in [-0.4, -0.2) is 36.6 Å². The monoisotopic (exact) mass is 275 g/mol. The number of nitrogens with zero attached hydrogens (tertiary/aromatic N) is 1. The van der Waals surface area contributed by atoms with E-state index in [1.165, 1.54) is 0 Å². The Labute approximate surface area is 117 Å². The second kappa shape index (κ2) is 6.60. The molecule has 0 aliphatic heterocycles. The first-order chi connectivity index (χ1) is 9.72. The number of aromatic amines is 1. The molecule has 6 nitrogen and oxygen atoms in total. The lowest BCUT2D eigenvalue weighted by molar-refractivity contribution is 0.0953. The smallest absolute Gasteiger partial charge is 0.251 e. The number of nitrogens with one attached hydrogen (secondary N) is 2. The quantitative estimate of drug-likeness (QED) is 0.835. The summed E-state index contributed by atoms with van der Waals surface area (Å²) in [6.07, 6.45) is 4.09. The van der Waals surface area contributed by atoms with Crippen LogP contribution < -0.4 is 14.8 Å². The van der Waals surface area contributed by atoms with Gasteiger partial charge < -0.3 is 19.8 Å². The van der Waals surface area contributed by atoms with Crippen molar-refractivity contribution < 1.29 is 14.3 Å². The Kier molecular flexibility index (Phi) is 4.60. The van der Waals surface area contributed by atoms with Crippen LogP contribution in [0.3, 0.4) is 0 Å². The van der Waals surface area contributed by atoms with Gasteiger partial charge in [0.05, 0.1) is 14.2 Å². The number of methoxy groups -OCH3 is 2. The largest absolute Gasteiger partial charge is 0.497 e. The second-order valence-electron chi connectivity index (χ2n) is 4.14. The van der Waals surface area contributed by atoms with E-state index >= 15 is 0 Å². The predicted octanol–water partition coefficient (Wildman–Crippen LogP) is 1.40. The lowest BCUT2D eigenvalue weighted by Gasteiger charge is -2.08. The van der Waals surface area contributed by atoms with Crippen LogP contribution in [0.2, 0.25) is 0 Å². The van der Waals surface area contributed by atoms with Gasteiger partial charge in [-0.1, -0.05) is 0 Å². The van der Waals surface area contributed by atoms with Crippen molar-refractivity contribution in [3.05, 3.63) is 42.0 Å². The molecule has 6 heteroatoms. The van der Waals surface area contributed by atoms with Crippen LogP contribution in [0.25, 0.3) is 0 Å². The third-order valence-corrected chi connectivity index (χ3v) is 2.82. The fraction of sp³-hybridized carbons (Fsp3) is 0.286. The maximum absolute atomic E-state index is 12.1. The minimum atomic E-state index is -0.172. The highest BCUT2D eigenvalue weighted by atomic mass is 16.5. The molecule has 0 saturated heterocycles. The molecule has 1 amide bonds. The summed E-state index contributed by atoms with van der Waals surface area (Å²) in [5, 5.41) is 2.83. The molecule has 0 atom stereocenters. The first kappa shape index (κ1) is 13.9. The van der Waals surface area contributed by atoms with Crippen LogP contribution in [0.4, 0.5) is 0 Å². The van der Waals surface area contributed by atoms with Crippen molar-refractivity contribution in [1.29, 1.82) is 0 Å². The number of rotatable bonds is 6. The number of hydrogen-bond acceptors (Lipinski definition) is 4. The lowest BCUT2D eigenvalue weighted by atomic mass is 10.2. The minimum absolute atomic E-state index is 0.172. The molecule has 0 unspecified atom stereocenters. The fourth-order valence-electron chi connectivity index (χ4n) is 1.77. The summed E-state index contributed by atoms with van der Waals surface area (Å²) in [5.74, 6) is 1.84. The highest BCUT2D eigenvalue weighted by Gasteiger charge is 2.09. The van der Waals surface area contributed by atoms with Crippen LogP contribution in [0.15, 0.2) is 30.6 Å². The summed E-state index contributed by atoms with van der Waals surface area (Å²) in [6, 6.07) is 5.06. The molecular weight excluding hydrogens is 258 g/mol. The Morgan fingerprint density at radius 2 is 1.95 bits per heavy atom. The fourth-order valence-corrected chi connectivity index (χ4v) is 1.77. The number of imidazole rings is 1. The van der Waals surface area contributed by atoms with Gasteiger partial charge in [0, 0.05) is 37.0 Å². The number of carbonyl (C=O) groups excluding carboxylic acids is 1. The first-order valence-electron chi connectivity index (χ1n) is 6.22. The maximum atomic E-state index is 12.1. The molecule has 20 heavy (non-hydrogen) atoms. The highest BCUT2D eigenvalue weighted by molar-refractivity contribution is 5.95. The third-order valence-electron chi connectivity index (χ3n) is 2.82. The zero-order valence-corrected chi connectivity index (χ0v) is 11.5. The molecule has 0 fully saturated rings. The van der Waals surface area contributed by atoms with Gasteiger partial charge in [-0.3, -0.25) is 4.79 Å². The van der Waals surface area contributed by atoms with Crippen molar-refractivity contribution in [2.45, 2.75) is 6.42 Å². The average molecular weight is 275 g/mol. The summed E-state index contributed by atoms with van der Waals surface area (Å²) in [4.78, 5) is 19.1. The van der Waals surface area contributed by atoms with E-state index in [1.54, 1.807) is 44.8 Å². The summed E-state index contributed by atoms with van der Waals surface area (Å²) in [5.41, 5.74) is 0.501. The van der Waals surface area contributed by atoms with Crippen molar-refractivity contribution in [2.24, 2.45) is 0 Å². The molecule has 0 saturated carbocycles. The molecule has 0 spiro atoms. The van der Waals surface area contributed by atoms with Gasteiger partial charge in [-0.2, -0.15) is 0 Å². The molecule has 106 valence electrons. The average Bonchev–Trinajstić information content (AvgIpc) is 2.99. The SMILES string of the molecule is COc1cc(OC)cc(C(=O)NCCc2ncc[nH]2)c1. The van der Waals surface area contributed by atoms with E-state index in [1.807, 2.05) is 0 Å². The van der Waals surface area contributed by atoms with Gasteiger partial charge in [0.1, 0.15) is 17.3 Å². The van der Waals surface area contributed by atoms with Crippen LogP contribution in [0.5, 0.6) is 11.5 Å². The lowest BCUT2D eigenvalue weighted by Crippen LogP contribution is -2.26. The minimum Gasteiger partial charge on any atom is -0.497 e. The molecule has 2 N–H and O–H groups in total. The Balaban J connectivity index is 1.97. The molecule has 2 aromatic rings. The molecule has 1 aromatic heterocycles. The Morgan fingerprint density at radius 1 is 1.25 bits per heavy atom. The van der Waals surface area contributed by atoms with E-state index in [9.17, 15) is 4.79 Å². The van der Waals surface area contributed by atoms with Crippen LogP contribution >= 0.6 is 0 Å². The molecule has 0 bridgehead atoms. The molecule has 0 radical (unpaired) electrons. The number of amides is 1. The molecule has 1 heterocycles. The number of hydrogen-bond donors (Lipinski definition) is 2. The number of benzene rings is 1. The summed E-state index contributed by atoms with van der Waals surface area (Å²) >= 11 is 0. The molecule has 0 aliphatic carbocycles. The number of ether oxygens (including phenoxy) is 2. The van der Waals surface area contributed by atoms with E-state index in [-0.39, 0.29) is 5.91 Å². The van der Waals surface area contributed by atoms with Gasteiger partial charge in [0.15, 0.2) is 0 Å². The number of carbonyl (C=O) groups is 1. The van der Waals surface area contributed by atoms with Crippen molar-refractivity contribution in [2.75, 3.05) is 20.8 Å². The Hall–Kier alpha value is -2.50. The maximum Gasteiger partial charge on any atom is 0.251 e. The normalized spacial score (nSPS) is 10.1. The predicted molar refractivity (Wildman–Crippen MR) is 74.2 cm³/mol. The van der Waals surface area contributed by atoms with Gasteiger partial charge in [0.25, 0.3) is 5.91 Å². The topological polar surface area (TPSA) is 76.2 Å². The van der Waals surface area contributed by atoms with E-state index < -0.39 is 0 Å². The summed E-state index contributed by atoms with van der Waals surface area (Å²) in [6.45, 7) is 0.506. The van der Waals surface area contributed by atoms with Crippen LogP contribution in [0.1, 0.15) is 16.2 Å². The second-order valence-corrected chi connectivity index (χ2v) is 4.14. The van der Waals surface area contributed by atoms with Crippen LogP contribution in [-0.2, 0) is 6.42 Å². The molecule has 0 aliphatic rings. The number of H-pyrrole nitrogens is 1. The zero-order chi connectivity index (χ0) is 14.4. The van der Waals surface area contributed by atoms with Gasteiger partial charge in [-0.25, -0.2) is 4.98 Å². The van der Waals surface area contributed by atoms with E-state index in [0.717, 1.165) is 5.82 Å². The summed E-state index contributed by atoms with van der Waals surface area (Å²) < 4.78 is 10.3. The van der Waals surface area contributed by atoms with E-state index in [0.29, 0.717) is 30.0 Å². The standard InChI is InChI=1S/C14H17N3O3/c1-19-11-7-10(8-12(9-11)20-2)14(18)17-4-3-13-15-5-6-16-13/h5-9H,3-4H2,1-2H3,(H,15,16)(H,17,18). The molecular formula is C14H17N3O3. The zero-order valence-electron chi connectivity index (χ0n) is 11.5. The van der Waals surface area contributed by atoms with Crippen molar-refractivity contribution in [3.8, 4) is 11.5 Å². The van der Waals surface area contributed by atoms with E-state index in [4.69, 9.17) is 9.47 Å². The summed E-state index contributed by atoms with van der Waals surface area (Å²) in [7, 11) is 3.10. The van der Waals surface area contributed by atoms with Crippen molar-refractivity contribution in [1.82, 2.24) is 15.3 Å². The molecule has 2 rings (SSSR count). The first-order valence-corrected chi connectivity index (χ1v) is 6.22. The van der Waals surface area contributed by atoms with E-state index in [2.05, 4.69) is 15.3 Å². The highest BCUT2D eigenvalue weighted by Crippen LogP contribution is 2.22. The third kappa shape index (κ3) is 3.50. The number of aromatic nitrogens is 2. The Morgan fingerprint density at radius 3 is 2.50 bits per heavy atom. The molecule has 1 aromatic carbocycles.